The summed E-state index contributed by atoms with van der Waals surface area (Å²) in [5.41, 5.74) is 1.79. The van der Waals surface area contributed by atoms with E-state index in [1.165, 1.54) is 5.56 Å². The molecule has 3 nitrogen and oxygen atoms in total. The first-order valence-electron chi connectivity index (χ1n) is 6.89. The minimum absolute atomic E-state index is 0.247. The van der Waals surface area contributed by atoms with Crippen LogP contribution in [0.1, 0.15) is 46.1 Å². The quantitative estimate of drug-likeness (QED) is 0.759. The van der Waals surface area contributed by atoms with Gasteiger partial charge in [-0.1, -0.05) is 32.0 Å². The first kappa shape index (κ1) is 13.9. The maximum absolute atomic E-state index is 12.3. The van der Waals surface area contributed by atoms with Crippen LogP contribution in [0.25, 0.3) is 0 Å². The molecule has 3 heteroatoms. The Morgan fingerprint density at radius 3 is 2.53 bits per heavy atom. The number of fused-ring (bicyclic) bond motifs is 1. The Balaban J connectivity index is 2.28. The molecule has 0 aromatic heterocycles. The van der Waals surface area contributed by atoms with Gasteiger partial charge >= 0.3 is 6.09 Å². The molecule has 0 fully saturated rings. The van der Waals surface area contributed by atoms with Gasteiger partial charge in [0.05, 0.1) is 5.69 Å². The smallest absolute Gasteiger partial charge is 0.414 e. The Morgan fingerprint density at radius 1 is 1.32 bits per heavy atom. The zero-order valence-corrected chi connectivity index (χ0v) is 12.4. The lowest BCUT2D eigenvalue weighted by atomic mass is 9.90. The Hall–Kier alpha value is -1.51. The van der Waals surface area contributed by atoms with Gasteiger partial charge in [-0.2, -0.15) is 0 Å². The number of anilines is 1. The molecule has 1 aromatic carbocycles. The summed E-state index contributed by atoms with van der Waals surface area (Å²) in [6.07, 6.45) is -0.247. The minimum atomic E-state index is -0.456. The average molecular weight is 261 g/mol. The standard InChI is InChI=1S/C16H23NO2/c1-11(2)13-10-17(15(18)19-16(3,4)5)14-9-7-6-8-12(13)14/h6-9,11,13H,10H2,1-5H3. The van der Waals surface area contributed by atoms with Crippen LogP contribution in [0.3, 0.4) is 0 Å². The molecule has 0 spiro atoms. The number of carbonyl (C=O) groups excluding carboxylic acids is 1. The summed E-state index contributed by atoms with van der Waals surface area (Å²) < 4.78 is 5.49. The zero-order valence-electron chi connectivity index (χ0n) is 12.4. The molecular formula is C16H23NO2. The Morgan fingerprint density at radius 2 is 1.95 bits per heavy atom. The molecule has 104 valence electrons. The van der Waals surface area contributed by atoms with Gasteiger partial charge in [0.15, 0.2) is 0 Å². The van der Waals surface area contributed by atoms with Gasteiger partial charge in [-0.25, -0.2) is 4.79 Å². The van der Waals surface area contributed by atoms with Gasteiger partial charge in [-0.15, -0.1) is 0 Å². The molecule has 1 atom stereocenters. The normalized spacial score (nSPS) is 18.6. The van der Waals surface area contributed by atoms with Gasteiger partial charge in [0.2, 0.25) is 0 Å². The van der Waals surface area contributed by atoms with Crippen molar-refractivity contribution in [3.8, 4) is 0 Å². The predicted molar refractivity (Wildman–Crippen MR) is 77.6 cm³/mol. The monoisotopic (exact) mass is 261 g/mol. The van der Waals surface area contributed by atoms with E-state index in [9.17, 15) is 4.79 Å². The van der Waals surface area contributed by atoms with Crippen molar-refractivity contribution >= 4 is 11.8 Å². The fourth-order valence-corrected chi connectivity index (χ4v) is 2.50. The number of benzene rings is 1. The molecular weight excluding hydrogens is 238 g/mol. The molecule has 1 amide bonds. The van der Waals surface area contributed by atoms with E-state index in [0.717, 1.165) is 5.69 Å². The van der Waals surface area contributed by atoms with Crippen LogP contribution in [0, 0.1) is 5.92 Å². The maximum atomic E-state index is 12.3. The van der Waals surface area contributed by atoms with Gasteiger partial charge in [0.1, 0.15) is 5.60 Å². The summed E-state index contributed by atoms with van der Waals surface area (Å²) in [5, 5.41) is 0. The number of ether oxygens (including phenoxy) is 1. The lowest BCUT2D eigenvalue weighted by Gasteiger charge is -2.25. The summed E-state index contributed by atoms with van der Waals surface area (Å²) in [4.78, 5) is 14.1. The van der Waals surface area contributed by atoms with Crippen molar-refractivity contribution in [2.45, 2.75) is 46.1 Å². The molecule has 0 bridgehead atoms. The fraction of sp³-hybridized carbons (Fsp3) is 0.562. The second-order valence-electron chi connectivity index (χ2n) is 6.50. The molecule has 1 heterocycles. The van der Waals surface area contributed by atoms with Crippen LogP contribution in [-0.4, -0.2) is 18.2 Å². The molecule has 19 heavy (non-hydrogen) atoms. The number of amides is 1. The molecule has 2 rings (SSSR count). The minimum Gasteiger partial charge on any atom is -0.443 e. The maximum Gasteiger partial charge on any atom is 0.414 e. The van der Waals surface area contributed by atoms with E-state index in [0.29, 0.717) is 18.4 Å². The van der Waals surface area contributed by atoms with Crippen molar-refractivity contribution in [2.24, 2.45) is 5.92 Å². The van der Waals surface area contributed by atoms with Gasteiger partial charge < -0.3 is 4.74 Å². The summed E-state index contributed by atoms with van der Waals surface area (Å²) in [6.45, 7) is 10.8. The number of hydrogen-bond acceptors (Lipinski definition) is 2. The van der Waals surface area contributed by atoms with E-state index in [1.54, 1.807) is 4.90 Å². The van der Waals surface area contributed by atoms with E-state index in [-0.39, 0.29) is 6.09 Å². The molecule has 0 N–H and O–H groups in total. The molecule has 1 aromatic rings. The van der Waals surface area contributed by atoms with Crippen LogP contribution in [0.2, 0.25) is 0 Å². The Labute approximate surface area is 115 Å². The lowest BCUT2D eigenvalue weighted by Crippen LogP contribution is -2.36. The van der Waals surface area contributed by atoms with Crippen LogP contribution < -0.4 is 4.90 Å². The highest BCUT2D eigenvalue weighted by molar-refractivity contribution is 5.91. The summed E-state index contributed by atoms with van der Waals surface area (Å²) >= 11 is 0. The summed E-state index contributed by atoms with van der Waals surface area (Å²) in [5.74, 6) is 0.900. The van der Waals surface area contributed by atoms with Crippen molar-refractivity contribution in [1.29, 1.82) is 0 Å². The third kappa shape index (κ3) is 2.91. The van der Waals surface area contributed by atoms with E-state index >= 15 is 0 Å². The molecule has 1 unspecified atom stereocenters. The Bertz CT molecular complexity index is 474. The van der Waals surface area contributed by atoms with Gasteiger partial charge in [-0.05, 0) is 38.3 Å². The number of rotatable bonds is 1. The zero-order chi connectivity index (χ0) is 14.2. The van der Waals surface area contributed by atoms with E-state index in [1.807, 2.05) is 39.0 Å². The number of para-hydroxylation sites is 1. The highest BCUT2D eigenvalue weighted by Gasteiger charge is 2.35. The lowest BCUT2D eigenvalue weighted by molar-refractivity contribution is 0.0581. The largest absolute Gasteiger partial charge is 0.443 e. The van der Waals surface area contributed by atoms with Crippen LogP contribution in [0.5, 0.6) is 0 Å². The molecule has 0 saturated heterocycles. The second kappa shape index (κ2) is 4.87. The predicted octanol–water partition coefficient (Wildman–Crippen LogP) is 4.18. The molecule has 0 aliphatic carbocycles. The SMILES string of the molecule is CC(C)C1CN(C(=O)OC(C)(C)C)c2ccccc21. The highest BCUT2D eigenvalue weighted by atomic mass is 16.6. The van der Waals surface area contributed by atoms with E-state index in [2.05, 4.69) is 19.9 Å². The topological polar surface area (TPSA) is 29.5 Å². The third-order valence-electron chi connectivity index (χ3n) is 3.42. The molecule has 1 aliphatic rings. The fourth-order valence-electron chi connectivity index (χ4n) is 2.50. The summed E-state index contributed by atoms with van der Waals surface area (Å²) in [6, 6.07) is 8.12. The molecule has 1 aliphatic heterocycles. The van der Waals surface area contributed by atoms with Crippen molar-refractivity contribution in [3.63, 3.8) is 0 Å². The number of carbonyl (C=O) groups is 1. The number of nitrogens with zero attached hydrogens (tertiary/aromatic N) is 1. The second-order valence-corrected chi connectivity index (χ2v) is 6.50. The van der Waals surface area contributed by atoms with Crippen LogP contribution in [0.4, 0.5) is 10.5 Å². The van der Waals surface area contributed by atoms with E-state index in [4.69, 9.17) is 4.74 Å². The average Bonchev–Trinajstić information content (AvgIpc) is 2.66. The Kier molecular flexibility index (Phi) is 3.57. The van der Waals surface area contributed by atoms with Crippen molar-refractivity contribution in [2.75, 3.05) is 11.4 Å². The van der Waals surface area contributed by atoms with Crippen LogP contribution in [0.15, 0.2) is 24.3 Å². The highest BCUT2D eigenvalue weighted by Crippen LogP contribution is 2.40. The van der Waals surface area contributed by atoms with Gasteiger partial charge in [-0.3, -0.25) is 4.90 Å². The first-order valence-corrected chi connectivity index (χ1v) is 6.89. The van der Waals surface area contributed by atoms with Gasteiger partial charge in [0, 0.05) is 12.5 Å². The summed E-state index contributed by atoms with van der Waals surface area (Å²) in [7, 11) is 0. The number of hydrogen-bond donors (Lipinski definition) is 0. The van der Waals surface area contributed by atoms with Gasteiger partial charge in [0.25, 0.3) is 0 Å². The van der Waals surface area contributed by atoms with Crippen molar-refractivity contribution in [1.82, 2.24) is 0 Å². The van der Waals surface area contributed by atoms with E-state index < -0.39 is 5.60 Å². The van der Waals surface area contributed by atoms with Crippen molar-refractivity contribution in [3.05, 3.63) is 29.8 Å². The molecule has 0 saturated carbocycles. The molecule has 0 radical (unpaired) electrons. The third-order valence-corrected chi connectivity index (χ3v) is 3.42. The van der Waals surface area contributed by atoms with Crippen LogP contribution in [-0.2, 0) is 4.74 Å². The van der Waals surface area contributed by atoms with Crippen LogP contribution >= 0.6 is 0 Å². The first-order chi connectivity index (χ1) is 8.79. The van der Waals surface area contributed by atoms with Crippen molar-refractivity contribution < 1.29 is 9.53 Å².